The van der Waals surface area contributed by atoms with Crippen LogP contribution in [0.25, 0.3) is 10.9 Å². The number of halogens is 1. The van der Waals surface area contributed by atoms with Crippen molar-refractivity contribution in [2.75, 3.05) is 7.11 Å². The van der Waals surface area contributed by atoms with E-state index in [4.69, 9.17) is 16.3 Å². The van der Waals surface area contributed by atoms with E-state index < -0.39 is 0 Å². The van der Waals surface area contributed by atoms with Gasteiger partial charge in [0.2, 0.25) is 0 Å². The molecule has 0 saturated heterocycles. The number of carbonyl (C=O) groups is 1. The van der Waals surface area contributed by atoms with Crippen LogP contribution in [0.15, 0.2) is 18.3 Å². The number of methoxy groups -OCH3 is 1. The highest BCUT2D eigenvalue weighted by atomic mass is 35.5. The summed E-state index contributed by atoms with van der Waals surface area (Å²) in [4.78, 5) is 11.2. The molecule has 3 nitrogen and oxygen atoms in total. The zero-order valence-electron chi connectivity index (χ0n) is 10.1. The van der Waals surface area contributed by atoms with Crippen LogP contribution in [0.2, 0.25) is 5.02 Å². The zero-order chi connectivity index (χ0) is 12.6. The quantitative estimate of drug-likeness (QED) is 0.840. The lowest BCUT2D eigenvalue weighted by Gasteiger charge is -2.04. The number of aryl methyl sites for hydroxylation is 1. The summed E-state index contributed by atoms with van der Waals surface area (Å²) in [5, 5.41) is 1.60. The van der Waals surface area contributed by atoms with Crippen molar-refractivity contribution in [1.82, 2.24) is 4.57 Å². The Morgan fingerprint density at radius 2 is 2.18 bits per heavy atom. The number of rotatable bonds is 3. The molecule has 0 saturated carbocycles. The Hall–Kier alpha value is -1.48. The van der Waals surface area contributed by atoms with Gasteiger partial charge in [-0.15, -0.1) is 0 Å². The lowest BCUT2D eigenvalue weighted by molar-refractivity contribution is -0.116. The summed E-state index contributed by atoms with van der Waals surface area (Å²) in [6.07, 6.45) is 2.39. The molecule has 17 heavy (non-hydrogen) atoms. The van der Waals surface area contributed by atoms with E-state index in [1.165, 1.54) is 0 Å². The summed E-state index contributed by atoms with van der Waals surface area (Å²) in [7, 11) is 3.52. The van der Waals surface area contributed by atoms with Gasteiger partial charge >= 0.3 is 0 Å². The normalized spacial score (nSPS) is 10.8. The summed E-state index contributed by atoms with van der Waals surface area (Å²) >= 11 is 6.09. The smallest absolute Gasteiger partial charge is 0.138 e. The van der Waals surface area contributed by atoms with Gasteiger partial charge in [-0.3, -0.25) is 4.79 Å². The monoisotopic (exact) mass is 251 g/mol. The highest BCUT2D eigenvalue weighted by molar-refractivity contribution is 6.32. The largest absolute Gasteiger partial charge is 0.495 e. The molecule has 0 aliphatic carbocycles. The van der Waals surface area contributed by atoms with E-state index in [1.54, 1.807) is 14.0 Å². The lowest BCUT2D eigenvalue weighted by atomic mass is 10.1. The minimum absolute atomic E-state index is 0.145. The van der Waals surface area contributed by atoms with E-state index in [9.17, 15) is 4.79 Å². The average Bonchev–Trinajstić information content (AvgIpc) is 2.53. The second-order valence-electron chi connectivity index (χ2n) is 4.15. The molecule has 4 heteroatoms. The zero-order valence-corrected chi connectivity index (χ0v) is 10.8. The number of hydrogen-bond donors (Lipinski definition) is 0. The Morgan fingerprint density at radius 1 is 1.47 bits per heavy atom. The van der Waals surface area contributed by atoms with Gasteiger partial charge in [0.25, 0.3) is 0 Å². The molecular weight excluding hydrogens is 238 g/mol. The lowest BCUT2D eigenvalue weighted by Crippen LogP contribution is -1.95. The van der Waals surface area contributed by atoms with E-state index in [0.29, 0.717) is 17.2 Å². The van der Waals surface area contributed by atoms with Gasteiger partial charge in [-0.25, -0.2) is 0 Å². The van der Waals surface area contributed by atoms with Crippen molar-refractivity contribution in [3.63, 3.8) is 0 Å². The van der Waals surface area contributed by atoms with Crippen LogP contribution in [0.1, 0.15) is 12.5 Å². The first-order valence-electron chi connectivity index (χ1n) is 5.33. The van der Waals surface area contributed by atoms with E-state index in [1.807, 2.05) is 29.9 Å². The van der Waals surface area contributed by atoms with Crippen molar-refractivity contribution in [1.29, 1.82) is 0 Å². The number of aromatic nitrogens is 1. The fourth-order valence-electron chi connectivity index (χ4n) is 2.03. The fourth-order valence-corrected chi connectivity index (χ4v) is 2.27. The maximum absolute atomic E-state index is 11.2. The first-order chi connectivity index (χ1) is 8.02. The third-order valence-electron chi connectivity index (χ3n) is 2.78. The molecule has 1 aromatic heterocycles. The molecule has 0 aliphatic rings. The molecule has 0 bridgehead atoms. The minimum Gasteiger partial charge on any atom is -0.495 e. The van der Waals surface area contributed by atoms with Gasteiger partial charge in [-0.1, -0.05) is 11.6 Å². The third-order valence-corrected chi connectivity index (χ3v) is 3.08. The van der Waals surface area contributed by atoms with Crippen molar-refractivity contribution in [2.45, 2.75) is 13.3 Å². The highest BCUT2D eigenvalue weighted by Crippen LogP contribution is 2.32. The second-order valence-corrected chi connectivity index (χ2v) is 4.56. The number of hydrogen-bond acceptors (Lipinski definition) is 2. The number of ether oxygens (including phenoxy) is 1. The van der Waals surface area contributed by atoms with Crippen LogP contribution >= 0.6 is 11.6 Å². The van der Waals surface area contributed by atoms with Crippen molar-refractivity contribution >= 4 is 28.3 Å². The highest BCUT2D eigenvalue weighted by Gasteiger charge is 2.12. The Labute approximate surface area is 105 Å². The molecule has 0 fully saturated rings. The number of ketones is 1. The summed E-state index contributed by atoms with van der Waals surface area (Å²) in [6, 6.07) is 3.75. The first-order valence-corrected chi connectivity index (χ1v) is 5.71. The van der Waals surface area contributed by atoms with Crippen LogP contribution in [0.3, 0.4) is 0 Å². The van der Waals surface area contributed by atoms with Gasteiger partial charge in [-0.2, -0.15) is 0 Å². The summed E-state index contributed by atoms with van der Waals surface area (Å²) in [5.41, 5.74) is 2.01. The van der Waals surface area contributed by atoms with Gasteiger partial charge in [0.15, 0.2) is 0 Å². The molecule has 0 aliphatic heterocycles. The molecule has 0 N–H and O–H groups in total. The van der Waals surface area contributed by atoms with Crippen LogP contribution in [0.5, 0.6) is 5.75 Å². The van der Waals surface area contributed by atoms with Gasteiger partial charge in [0.05, 0.1) is 12.1 Å². The van der Waals surface area contributed by atoms with Crippen molar-refractivity contribution in [3.8, 4) is 5.75 Å². The standard InChI is InChI=1S/C13H14ClNO2/c1-8(16)4-9-7-15(2)12-6-11(14)13(17-3)5-10(9)12/h5-7H,4H2,1-3H3. The summed E-state index contributed by atoms with van der Waals surface area (Å²) in [6.45, 7) is 1.59. The predicted molar refractivity (Wildman–Crippen MR) is 68.9 cm³/mol. The second kappa shape index (κ2) is 4.41. The minimum atomic E-state index is 0.145. The van der Waals surface area contributed by atoms with Crippen LogP contribution in [-0.2, 0) is 18.3 Å². The molecule has 2 aromatic rings. The Bertz CT molecular complexity index is 587. The molecule has 0 amide bonds. The maximum Gasteiger partial charge on any atom is 0.138 e. The number of Topliss-reactive ketones (excluding diaryl/α,β-unsaturated/α-hetero) is 1. The number of fused-ring (bicyclic) bond motifs is 1. The third kappa shape index (κ3) is 2.15. The molecule has 1 aromatic carbocycles. The SMILES string of the molecule is COc1cc2c(CC(C)=O)cn(C)c2cc1Cl. The van der Waals surface area contributed by atoms with Crippen molar-refractivity contribution in [3.05, 3.63) is 28.9 Å². The Balaban J connectivity index is 2.66. The molecule has 0 radical (unpaired) electrons. The number of carbonyl (C=O) groups excluding carboxylic acids is 1. The Morgan fingerprint density at radius 3 is 2.76 bits per heavy atom. The molecule has 2 rings (SSSR count). The van der Waals surface area contributed by atoms with Crippen LogP contribution in [-0.4, -0.2) is 17.5 Å². The molecule has 90 valence electrons. The Kier molecular flexibility index (Phi) is 3.11. The van der Waals surface area contributed by atoms with Gasteiger partial charge < -0.3 is 9.30 Å². The van der Waals surface area contributed by atoms with Gasteiger partial charge in [0.1, 0.15) is 11.5 Å². The molecular formula is C13H14ClNO2. The van der Waals surface area contributed by atoms with Gasteiger partial charge in [0, 0.05) is 30.6 Å². The fraction of sp³-hybridized carbons (Fsp3) is 0.308. The molecule has 0 atom stereocenters. The summed E-state index contributed by atoms with van der Waals surface area (Å²) in [5.74, 6) is 0.779. The number of benzene rings is 1. The average molecular weight is 252 g/mol. The molecule has 0 spiro atoms. The van der Waals surface area contributed by atoms with E-state index in [-0.39, 0.29) is 5.78 Å². The van der Waals surface area contributed by atoms with Crippen molar-refractivity contribution < 1.29 is 9.53 Å². The van der Waals surface area contributed by atoms with Gasteiger partial charge in [-0.05, 0) is 24.6 Å². The van der Waals surface area contributed by atoms with Crippen LogP contribution < -0.4 is 4.74 Å². The first kappa shape index (κ1) is 12.0. The summed E-state index contributed by atoms with van der Waals surface area (Å²) < 4.78 is 7.17. The van der Waals surface area contributed by atoms with Crippen LogP contribution in [0.4, 0.5) is 0 Å². The molecule has 1 heterocycles. The van der Waals surface area contributed by atoms with E-state index in [0.717, 1.165) is 16.5 Å². The topological polar surface area (TPSA) is 31.2 Å². The molecule has 0 unspecified atom stereocenters. The predicted octanol–water partition coefficient (Wildman–Crippen LogP) is 2.97. The van der Waals surface area contributed by atoms with E-state index >= 15 is 0 Å². The number of nitrogens with zero attached hydrogens (tertiary/aromatic N) is 1. The van der Waals surface area contributed by atoms with Crippen LogP contribution in [0, 0.1) is 0 Å². The van der Waals surface area contributed by atoms with E-state index in [2.05, 4.69) is 0 Å². The van der Waals surface area contributed by atoms with Crippen molar-refractivity contribution in [2.24, 2.45) is 7.05 Å². The maximum atomic E-state index is 11.2.